The molecule has 7 nitrogen and oxygen atoms in total. The Morgan fingerprint density at radius 1 is 1.48 bits per heavy atom. The number of carboxylic acid groups (broad SMARTS) is 1. The third kappa shape index (κ3) is 5.01. The molecular formula is C10H14F3N3O4S. The van der Waals surface area contributed by atoms with Crippen LogP contribution in [-0.2, 0) is 21.4 Å². The fourth-order valence-corrected chi connectivity index (χ4v) is 2.75. The van der Waals surface area contributed by atoms with Crippen molar-refractivity contribution in [1.29, 1.82) is 0 Å². The molecule has 1 aromatic heterocycles. The Morgan fingerprint density at radius 2 is 2.05 bits per heavy atom. The van der Waals surface area contributed by atoms with E-state index in [9.17, 15) is 26.4 Å². The molecule has 1 aromatic rings. The van der Waals surface area contributed by atoms with Crippen molar-refractivity contribution in [2.75, 3.05) is 0 Å². The van der Waals surface area contributed by atoms with Crippen LogP contribution in [0.15, 0.2) is 17.3 Å². The molecule has 1 atom stereocenters. The van der Waals surface area contributed by atoms with Gasteiger partial charge in [-0.25, -0.2) is 8.42 Å². The molecule has 0 unspecified atom stereocenters. The van der Waals surface area contributed by atoms with Crippen LogP contribution in [0.25, 0.3) is 0 Å². The minimum Gasteiger partial charge on any atom is -0.480 e. The molecule has 0 aliphatic rings. The molecule has 0 fully saturated rings. The summed E-state index contributed by atoms with van der Waals surface area (Å²) in [6.07, 6.45) is -3.12. The van der Waals surface area contributed by atoms with Crippen molar-refractivity contribution in [2.24, 2.45) is 5.92 Å². The van der Waals surface area contributed by atoms with Crippen LogP contribution in [0.3, 0.4) is 0 Å². The number of nitrogens with zero attached hydrogens (tertiary/aromatic N) is 2. The Hall–Kier alpha value is -1.62. The smallest absolute Gasteiger partial charge is 0.408 e. The Labute approximate surface area is 118 Å². The maximum Gasteiger partial charge on any atom is 0.408 e. The maximum atomic E-state index is 12.2. The van der Waals surface area contributed by atoms with Crippen LogP contribution < -0.4 is 4.72 Å². The molecular weight excluding hydrogens is 315 g/mol. The van der Waals surface area contributed by atoms with Crippen LogP contribution in [0, 0.1) is 5.92 Å². The van der Waals surface area contributed by atoms with Crippen LogP contribution in [0.5, 0.6) is 0 Å². The molecule has 1 heterocycles. The number of hydrogen-bond donors (Lipinski definition) is 2. The second kappa shape index (κ2) is 6.02. The molecule has 21 heavy (non-hydrogen) atoms. The number of sulfonamides is 1. The van der Waals surface area contributed by atoms with Gasteiger partial charge < -0.3 is 5.11 Å². The number of hydrogen-bond acceptors (Lipinski definition) is 4. The van der Waals surface area contributed by atoms with Gasteiger partial charge in [0.25, 0.3) is 0 Å². The predicted molar refractivity (Wildman–Crippen MR) is 64.9 cm³/mol. The lowest BCUT2D eigenvalue weighted by molar-refractivity contribution is -0.142. The number of carbonyl (C=O) groups is 1. The average Bonchev–Trinajstić information content (AvgIpc) is 2.71. The van der Waals surface area contributed by atoms with E-state index in [2.05, 4.69) is 5.10 Å². The quantitative estimate of drug-likeness (QED) is 0.805. The van der Waals surface area contributed by atoms with Crippen LogP contribution in [0.4, 0.5) is 13.2 Å². The molecule has 0 aliphatic carbocycles. The first-order valence-corrected chi connectivity index (χ1v) is 7.25. The van der Waals surface area contributed by atoms with E-state index < -0.39 is 45.6 Å². The standard InChI is InChI=1S/C10H14F3N3O4S/c1-6(2)8(9(17)18)15-21(19,20)7-3-14-16(4-7)5-10(11,12)13/h3-4,6,8,15H,5H2,1-2H3,(H,17,18)/t8-/m0/s1. The van der Waals surface area contributed by atoms with Crippen LogP contribution in [0.2, 0.25) is 0 Å². The topological polar surface area (TPSA) is 101 Å². The summed E-state index contributed by atoms with van der Waals surface area (Å²) in [5, 5.41) is 12.2. The van der Waals surface area contributed by atoms with Crippen molar-refractivity contribution in [1.82, 2.24) is 14.5 Å². The third-order valence-corrected chi connectivity index (χ3v) is 3.87. The number of aromatic nitrogens is 2. The normalized spacial score (nSPS) is 14.4. The van der Waals surface area contributed by atoms with Gasteiger partial charge in [-0.05, 0) is 5.92 Å². The van der Waals surface area contributed by atoms with Crippen molar-refractivity contribution in [3.05, 3.63) is 12.4 Å². The highest BCUT2D eigenvalue weighted by Crippen LogP contribution is 2.18. The van der Waals surface area contributed by atoms with Gasteiger partial charge in [0.2, 0.25) is 10.0 Å². The first kappa shape index (κ1) is 17.4. The van der Waals surface area contributed by atoms with E-state index in [0.717, 1.165) is 6.20 Å². The van der Waals surface area contributed by atoms with E-state index in [1.54, 1.807) is 0 Å². The molecule has 0 aliphatic heterocycles. The molecule has 1 rings (SSSR count). The van der Waals surface area contributed by atoms with E-state index in [-0.39, 0.29) is 0 Å². The number of halogens is 3. The predicted octanol–water partition coefficient (Wildman–Crippen LogP) is 0.833. The third-order valence-electron chi connectivity index (χ3n) is 2.48. The molecule has 0 bridgehead atoms. The zero-order valence-electron chi connectivity index (χ0n) is 11.1. The van der Waals surface area contributed by atoms with Crippen molar-refractivity contribution in [3.8, 4) is 0 Å². The lowest BCUT2D eigenvalue weighted by atomic mass is 10.1. The molecule has 0 saturated heterocycles. The summed E-state index contributed by atoms with van der Waals surface area (Å²) in [4.78, 5) is 10.4. The van der Waals surface area contributed by atoms with Crippen molar-refractivity contribution < 1.29 is 31.5 Å². The molecule has 120 valence electrons. The Morgan fingerprint density at radius 3 is 2.48 bits per heavy atom. The van der Waals surface area contributed by atoms with Gasteiger partial charge in [-0.1, -0.05) is 13.8 Å². The molecule has 0 spiro atoms. The van der Waals surface area contributed by atoms with E-state index in [1.165, 1.54) is 13.8 Å². The molecule has 0 radical (unpaired) electrons. The zero-order chi connectivity index (χ0) is 16.4. The van der Waals surface area contributed by atoms with E-state index in [0.29, 0.717) is 10.9 Å². The average molecular weight is 329 g/mol. The van der Waals surface area contributed by atoms with E-state index in [4.69, 9.17) is 5.11 Å². The van der Waals surface area contributed by atoms with Crippen molar-refractivity contribution in [2.45, 2.75) is 37.5 Å². The van der Waals surface area contributed by atoms with Gasteiger partial charge in [-0.15, -0.1) is 0 Å². The van der Waals surface area contributed by atoms with E-state index >= 15 is 0 Å². The van der Waals surface area contributed by atoms with Gasteiger partial charge in [-0.2, -0.15) is 23.0 Å². The summed E-state index contributed by atoms with van der Waals surface area (Å²) in [6.45, 7) is 1.55. The summed E-state index contributed by atoms with van der Waals surface area (Å²) in [7, 11) is -4.27. The summed E-state index contributed by atoms with van der Waals surface area (Å²) in [6, 6.07) is -1.39. The molecule has 0 aromatic carbocycles. The van der Waals surface area contributed by atoms with Gasteiger partial charge >= 0.3 is 12.1 Å². The fourth-order valence-electron chi connectivity index (χ4n) is 1.46. The molecule has 11 heteroatoms. The second-order valence-electron chi connectivity index (χ2n) is 4.67. The van der Waals surface area contributed by atoms with Gasteiger partial charge in [0.05, 0.1) is 6.20 Å². The number of nitrogens with one attached hydrogen (secondary N) is 1. The SMILES string of the molecule is CC(C)[C@H](NS(=O)(=O)c1cnn(CC(F)(F)F)c1)C(=O)O. The number of aliphatic carboxylic acids is 1. The lowest BCUT2D eigenvalue weighted by Crippen LogP contribution is -2.44. The number of rotatable bonds is 6. The summed E-state index contributed by atoms with van der Waals surface area (Å²) in [5.74, 6) is -1.92. The molecule has 0 amide bonds. The minimum absolute atomic E-state index is 0.416. The van der Waals surface area contributed by atoms with E-state index in [1.807, 2.05) is 4.72 Å². The van der Waals surface area contributed by atoms with Gasteiger partial charge in [-0.3, -0.25) is 9.48 Å². The minimum atomic E-state index is -4.54. The van der Waals surface area contributed by atoms with Crippen LogP contribution in [-0.4, -0.2) is 41.5 Å². The van der Waals surface area contributed by atoms with Crippen molar-refractivity contribution in [3.63, 3.8) is 0 Å². The summed E-state index contributed by atoms with van der Waals surface area (Å²) < 4.78 is 62.7. The summed E-state index contributed by atoms with van der Waals surface area (Å²) in [5.41, 5.74) is 0. The van der Waals surface area contributed by atoms with Crippen molar-refractivity contribution >= 4 is 16.0 Å². The van der Waals surface area contributed by atoms with Gasteiger partial charge in [0, 0.05) is 6.20 Å². The second-order valence-corrected chi connectivity index (χ2v) is 6.38. The highest BCUT2D eigenvalue weighted by molar-refractivity contribution is 7.89. The van der Waals surface area contributed by atoms with Crippen LogP contribution in [0.1, 0.15) is 13.8 Å². The molecule has 2 N–H and O–H groups in total. The first-order valence-electron chi connectivity index (χ1n) is 5.77. The lowest BCUT2D eigenvalue weighted by Gasteiger charge is -2.17. The fraction of sp³-hybridized carbons (Fsp3) is 0.600. The summed E-state index contributed by atoms with van der Waals surface area (Å²) >= 11 is 0. The zero-order valence-corrected chi connectivity index (χ0v) is 11.9. The number of alkyl halides is 3. The first-order chi connectivity index (χ1) is 9.42. The Bertz CT molecular complexity index is 609. The largest absolute Gasteiger partial charge is 0.480 e. The number of carboxylic acids is 1. The maximum absolute atomic E-state index is 12.2. The highest BCUT2D eigenvalue weighted by atomic mass is 32.2. The van der Waals surface area contributed by atoms with Gasteiger partial charge in [0.1, 0.15) is 17.5 Å². The Kier molecular flexibility index (Phi) is 4.99. The Balaban J connectivity index is 2.96. The van der Waals surface area contributed by atoms with Crippen LogP contribution >= 0.6 is 0 Å². The van der Waals surface area contributed by atoms with Gasteiger partial charge in [0.15, 0.2) is 0 Å². The highest BCUT2D eigenvalue weighted by Gasteiger charge is 2.31. The monoisotopic (exact) mass is 329 g/mol. The molecule has 0 saturated carbocycles.